The normalized spacial score (nSPS) is 25.5. The Bertz CT molecular complexity index is 524. The number of hydrogen-bond acceptors (Lipinski definition) is 0. The van der Waals surface area contributed by atoms with E-state index in [-0.39, 0.29) is 0 Å². The molecular formula is C16H16Zr. The van der Waals surface area contributed by atoms with E-state index in [1.54, 1.807) is 5.56 Å². The third-order valence-electron chi connectivity index (χ3n) is 3.58. The monoisotopic (exact) mass is 298 g/mol. The first-order valence-electron chi connectivity index (χ1n) is 6.10. The van der Waals surface area contributed by atoms with E-state index in [1.807, 2.05) is 0 Å². The molecule has 3 rings (SSSR count). The van der Waals surface area contributed by atoms with Crippen molar-refractivity contribution in [1.82, 2.24) is 0 Å². The van der Waals surface area contributed by atoms with Crippen LogP contribution in [0.15, 0.2) is 48.6 Å². The van der Waals surface area contributed by atoms with Gasteiger partial charge in [0.15, 0.2) is 0 Å². The number of aryl methyl sites for hydroxylation is 1. The van der Waals surface area contributed by atoms with E-state index in [4.69, 9.17) is 0 Å². The van der Waals surface area contributed by atoms with Crippen LogP contribution in [-0.4, -0.2) is 0 Å². The van der Waals surface area contributed by atoms with Crippen LogP contribution in [0.25, 0.3) is 6.08 Å². The fourth-order valence-electron chi connectivity index (χ4n) is 2.64. The van der Waals surface area contributed by atoms with Gasteiger partial charge in [0.25, 0.3) is 0 Å². The molecule has 0 saturated heterocycles. The van der Waals surface area contributed by atoms with Gasteiger partial charge in [-0.1, -0.05) is 0 Å². The van der Waals surface area contributed by atoms with Crippen LogP contribution in [0, 0.1) is 6.92 Å². The van der Waals surface area contributed by atoms with Crippen molar-refractivity contribution in [1.29, 1.82) is 0 Å². The predicted molar refractivity (Wildman–Crippen MR) is 69.6 cm³/mol. The molecule has 0 heterocycles. The van der Waals surface area contributed by atoms with Crippen molar-refractivity contribution in [2.75, 3.05) is 0 Å². The van der Waals surface area contributed by atoms with Gasteiger partial charge in [0.1, 0.15) is 0 Å². The molecule has 0 saturated carbocycles. The molecule has 1 aromatic rings. The van der Waals surface area contributed by atoms with E-state index in [9.17, 15) is 0 Å². The van der Waals surface area contributed by atoms with Crippen LogP contribution in [0.4, 0.5) is 0 Å². The molecule has 0 N–H and O–H groups in total. The van der Waals surface area contributed by atoms with E-state index >= 15 is 0 Å². The van der Waals surface area contributed by atoms with Gasteiger partial charge in [0, 0.05) is 0 Å². The molecule has 0 spiro atoms. The predicted octanol–water partition coefficient (Wildman–Crippen LogP) is 4.23. The molecule has 0 aromatic heterocycles. The van der Waals surface area contributed by atoms with E-state index in [2.05, 4.69) is 68.5 Å². The topological polar surface area (TPSA) is 0 Å². The Labute approximate surface area is 115 Å². The molecule has 1 aromatic carbocycles. The quantitative estimate of drug-likeness (QED) is 0.766. The Morgan fingerprint density at radius 1 is 1.18 bits per heavy atom. The maximum atomic E-state index is 2.45. The summed E-state index contributed by atoms with van der Waals surface area (Å²) < 4.78 is 1.14. The van der Waals surface area contributed by atoms with Crippen LogP contribution in [0.2, 0.25) is 3.63 Å². The van der Waals surface area contributed by atoms with Crippen LogP contribution in [0.3, 0.4) is 0 Å². The molecule has 2 aliphatic carbocycles. The molecule has 1 atom stereocenters. The molecular weight excluding hydrogens is 283 g/mol. The van der Waals surface area contributed by atoms with Crippen LogP contribution >= 0.6 is 0 Å². The first-order chi connectivity index (χ1) is 8.17. The Balaban J connectivity index is 1.93. The van der Waals surface area contributed by atoms with Gasteiger partial charge >= 0.3 is 115 Å². The van der Waals surface area contributed by atoms with Crippen molar-refractivity contribution >= 4 is 6.08 Å². The Hall–Kier alpha value is -0.677. The van der Waals surface area contributed by atoms with Crippen LogP contribution < -0.4 is 0 Å². The minimum atomic E-state index is -0.524. The Morgan fingerprint density at radius 2 is 1.94 bits per heavy atom. The number of rotatable bonds is 2. The minimum absolute atomic E-state index is 0.371. The van der Waals surface area contributed by atoms with Gasteiger partial charge in [0.2, 0.25) is 0 Å². The van der Waals surface area contributed by atoms with Gasteiger partial charge in [-0.3, -0.25) is 0 Å². The van der Waals surface area contributed by atoms with Gasteiger partial charge in [0.05, 0.1) is 0 Å². The van der Waals surface area contributed by atoms with E-state index in [1.165, 1.54) is 11.1 Å². The SMILES string of the molecule is Cc1ccc2c(c1)C=C[C]2(C)[Zr][CH]1C=CC=C1. The maximum absolute atomic E-state index is 2.45. The molecule has 0 nitrogen and oxygen atoms in total. The van der Waals surface area contributed by atoms with E-state index in [0.29, 0.717) is 3.12 Å². The fraction of sp³-hybridized carbons (Fsp3) is 0.250. The summed E-state index contributed by atoms with van der Waals surface area (Å²) in [6, 6.07) is 6.91. The third kappa shape index (κ3) is 2.06. The summed E-state index contributed by atoms with van der Waals surface area (Å²) in [5.41, 5.74) is 4.37. The molecule has 0 radical (unpaired) electrons. The van der Waals surface area contributed by atoms with Gasteiger partial charge in [-0.2, -0.15) is 0 Å². The standard InChI is InChI=1S/C11H11.C5H5.Zr/c1-8-3-6-11-9(2)4-5-10(11)7-8;1-2-4-5-3-1;/h3-7H,1-2H3;1-5H;. The van der Waals surface area contributed by atoms with E-state index < -0.39 is 23.2 Å². The molecule has 1 unspecified atom stereocenters. The van der Waals surface area contributed by atoms with Crippen LogP contribution in [-0.2, 0) is 26.4 Å². The molecule has 17 heavy (non-hydrogen) atoms. The Kier molecular flexibility index (Phi) is 2.83. The fourth-order valence-corrected chi connectivity index (χ4v) is 6.74. The third-order valence-corrected chi connectivity index (χ3v) is 7.89. The molecule has 0 bridgehead atoms. The van der Waals surface area contributed by atoms with Crippen LogP contribution in [0.1, 0.15) is 23.6 Å². The van der Waals surface area contributed by atoms with Gasteiger partial charge in [-0.25, -0.2) is 0 Å². The molecule has 0 amide bonds. The van der Waals surface area contributed by atoms with Crippen molar-refractivity contribution < 1.29 is 23.2 Å². The Morgan fingerprint density at radius 3 is 2.71 bits per heavy atom. The van der Waals surface area contributed by atoms with Crippen molar-refractivity contribution in [3.8, 4) is 0 Å². The van der Waals surface area contributed by atoms with Gasteiger partial charge in [-0.15, -0.1) is 0 Å². The summed E-state index contributed by atoms with van der Waals surface area (Å²) in [5, 5.41) is 0. The summed E-state index contributed by atoms with van der Waals surface area (Å²) >= 11 is -0.524. The average molecular weight is 300 g/mol. The zero-order valence-corrected chi connectivity index (χ0v) is 12.7. The van der Waals surface area contributed by atoms with Crippen molar-refractivity contribution in [3.63, 3.8) is 0 Å². The van der Waals surface area contributed by atoms with Crippen molar-refractivity contribution in [3.05, 3.63) is 65.3 Å². The summed E-state index contributed by atoms with van der Waals surface area (Å²) in [4.78, 5) is 0. The second-order valence-corrected chi connectivity index (χ2v) is 9.97. The van der Waals surface area contributed by atoms with Crippen molar-refractivity contribution in [2.45, 2.75) is 20.6 Å². The van der Waals surface area contributed by atoms with Crippen LogP contribution in [0.5, 0.6) is 0 Å². The summed E-state index contributed by atoms with van der Waals surface area (Å²) in [7, 11) is 0. The number of benzene rings is 1. The second-order valence-electron chi connectivity index (χ2n) is 5.07. The zero-order valence-electron chi connectivity index (χ0n) is 10.3. The summed E-state index contributed by atoms with van der Waals surface area (Å²) in [6.07, 6.45) is 13.9. The first-order valence-corrected chi connectivity index (χ1v) is 8.75. The number of fused-ring (bicyclic) bond motifs is 1. The molecule has 84 valence electrons. The van der Waals surface area contributed by atoms with E-state index in [0.717, 1.165) is 3.63 Å². The average Bonchev–Trinajstić information content (AvgIpc) is 2.88. The molecule has 0 aliphatic heterocycles. The molecule has 2 aliphatic rings. The summed E-state index contributed by atoms with van der Waals surface area (Å²) in [5.74, 6) is 0. The second kappa shape index (κ2) is 4.21. The first kappa shape index (κ1) is 11.4. The molecule has 0 fully saturated rings. The van der Waals surface area contributed by atoms with Gasteiger partial charge < -0.3 is 0 Å². The molecule has 1 heteroatoms. The summed E-state index contributed by atoms with van der Waals surface area (Å²) in [6.45, 7) is 4.60. The van der Waals surface area contributed by atoms with Gasteiger partial charge in [-0.05, 0) is 0 Å². The zero-order chi connectivity index (χ0) is 11.9. The number of allylic oxidation sites excluding steroid dienone is 5. The number of hydrogen-bond donors (Lipinski definition) is 0. The van der Waals surface area contributed by atoms with Crippen molar-refractivity contribution in [2.24, 2.45) is 0 Å².